The van der Waals surface area contributed by atoms with Gasteiger partial charge in [0.25, 0.3) is 0 Å². The van der Waals surface area contributed by atoms with E-state index >= 15 is 0 Å². The number of rotatable bonds is 17. The van der Waals surface area contributed by atoms with Gasteiger partial charge in [-0.3, -0.25) is 24.0 Å². The normalized spacial score (nSPS) is 31.0. The first-order valence-corrected chi connectivity index (χ1v) is 19.1. The lowest BCUT2D eigenvalue weighted by molar-refractivity contribution is -0.176. The molecular weight excluding hydrogens is 640 g/mol. The Kier molecular flexibility index (Phi) is 13.3. The highest BCUT2D eigenvalue weighted by atomic mass is 16.6. The Bertz CT molecular complexity index is 1250. The lowest BCUT2D eigenvalue weighted by atomic mass is 9.47. The topological polar surface area (TPSA) is 154 Å². The Morgan fingerprint density at radius 1 is 0.840 bits per heavy atom. The van der Waals surface area contributed by atoms with Crippen molar-refractivity contribution in [2.45, 2.75) is 144 Å². The van der Waals surface area contributed by atoms with Crippen LogP contribution in [0.4, 0.5) is 0 Å². The minimum atomic E-state index is -1.55. The van der Waals surface area contributed by atoms with Crippen LogP contribution in [-0.2, 0) is 38.2 Å². The van der Waals surface area contributed by atoms with Crippen molar-refractivity contribution in [3.63, 3.8) is 0 Å². The Morgan fingerprint density at radius 2 is 1.46 bits per heavy atom. The third-order valence-corrected chi connectivity index (χ3v) is 13.2. The summed E-state index contributed by atoms with van der Waals surface area (Å²) in [6, 6.07) is 0. The number of hydrogen-bond donors (Lipinski definition) is 2. The fourth-order valence-corrected chi connectivity index (χ4v) is 10.2. The van der Waals surface area contributed by atoms with Gasteiger partial charge >= 0.3 is 29.8 Å². The SMILES string of the molecule is CC(C)CCC[C@H](C)[C@H]1CC[C@@H]2[C@H]3CC=C4C[C@H](OC(=O)C(C)(COC(=O)CCC(=O)O)COC(=O)CCC(=O)O)CC[C@]4(C)[C@@H]3CC[C@@]21C. The number of carbonyl (C=O) groups is 5. The number of fused-ring (bicyclic) bond motifs is 5. The summed E-state index contributed by atoms with van der Waals surface area (Å²) in [7, 11) is 0. The minimum absolute atomic E-state index is 0.0662. The molecule has 0 aromatic heterocycles. The van der Waals surface area contributed by atoms with E-state index in [2.05, 4.69) is 40.7 Å². The van der Waals surface area contributed by atoms with Crippen molar-refractivity contribution in [3.05, 3.63) is 11.6 Å². The van der Waals surface area contributed by atoms with E-state index in [1.165, 1.54) is 57.4 Å². The van der Waals surface area contributed by atoms with Crippen LogP contribution in [0.5, 0.6) is 0 Å². The highest BCUT2D eigenvalue weighted by Crippen LogP contribution is 2.67. The van der Waals surface area contributed by atoms with Crippen molar-refractivity contribution >= 4 is 29.8 Å². The standard InChI is InChI=1S/C40H62O10/c1-25(2)8-7-9-26(3)30-12-13-31-29-11-10-27-22-28(18-20-39(27,5)32(29)19-21-40(30,31)6)50-37(47)38(4,23-48-35(45)16-14-33(41)42)24-49-36(46)17-15-34(43)44/h10,25-26,28-32H,7-9,11-24H2,1-6H3,(H,41,42)(H,43,44)/t26-,28+,29+,30+,31+,32+,39-,40+/m0/s1. The van der Waals surface area contributed by atoms with E-state index in [1.807, 2.05) is 0 Å². The molecule has 4 rings (SSSR count). The molecule has 0 heterocycles. The fourth-order valence-electron chi connectivity index (χ4n) is 10.2. The first-order chi connectivity index (χ1) is 23.5. The van der Waals surface area contributed by atoms with Gasteiger partial charge in [0.05, 0.1) is 25.7 Å². The van der Waals surface area contributed by atoms with Crippen LogP contribution in [0.2, 0.25) is 0 Å². The molecule has 0 aliphatic heterocycles. The van der Waals surface area contributed by atoms with Crippen LogP contribution in [0.15, 0.2) is 11.6 Å². The predicted octanol–water partition coefficient (Wildman–Crippen LogP) is 7.76. The van der Waals surface area contributed by atoms with Gasteiger partial charge in [-0.2, -0.15) is 0 Å². The minimum Gasteiger partial charge on any atom is -0.481 e. The first kappa shape index (κ1) is 39.9. The maximum Gasteiger partial charge on any atom is 0.319 e. The van der Waals surface area contributed by atoms with Gasteiger partial charge in [-0.15, -0.1) is 0 Å². The zero-order valence-corrected chi connectivity index (χ0v) is 31.3. The fraction of sp³-hybridized carbons (Fsp3) is 0.825. The smallest absolute Gasteiger partial charge is 0.319 e. The molecule has 3 fully saturated rings. The maximum absolute atomic E-state index is 13.7. The second-order valence-electron chi connectivity index (χ2n) is 17.2. The molecule has 282 valence electrons. The number of carbonyl (C=O) groups excluding carboxylic acids is 3. The molecule has 0 unspecified atom stereocenters. The zero-order valence-electron chi connectivity index (χ0n) is 31.3. The number of aliphatic carboxylic acids is 2. The van der Waals surface area contributed by atoms with Crippen LogP contribution >= 0.6 is 0 Å². The average Bonchev–Trinajstić information content (AvgIpc) is 3.41. The van der Waals surface area contributed by atoms with Crippen LogP contribution in [-0.4, -0.2) is 59.4 Å². The molecule has 4 aliphatic carbocycles. The number of allylic oxidation sites excluding steroid dienone is 1. The van der Waals surface area contributed by atoms with E-state index < -0.39 is 61.3 Å². The van der Waals surface area contributed by atoms with Crippen LogP contribution in [0, 0.1) is 51.8 Å². The third kappa shape index (κ3) is 9.30. The van der Waals surface area contributed by atoms with Crippen molar-refractivity contribution in [1.82, 2.24) is 0 Å². The van der Waals surface area contributed by atoms with E-state index in [4.69, 9.17) is 24.4 Å². The molecule has 0 radical (unpaired) electrons. The zero-order chi connectivity index (χ0) is 36.9. The summed E-state index contributed by atoms with van der Waals surface area (Å²) in [6.07, 6.45) is 13.0. The monoisotopic (exact) mass is 702 g/mol. The van der Waals surface area contributed by atoms with Crippen LogP contribution in [0.25, 0.3) is 0 Å². The summed E-state index contributed by atoms with van der Waals surface area (Å²) in [5, 5.41) is 17.8. The van der Waals surface area contributed by atoms with Crippen molar-refractivity contribution in [2.75, 3.05) is 13.2 Å². The van der Waals surface area contributed by atoms with Gasteiger partial charge in [0.1, 0.15) is 24.7 Å². The van der Waals surface area contributed by atoms with E-state index in [-0.39, 0.29) is 24.4 Å². The van der Waals surface area contributed by atoms with Gasteiger partial charge in [-0.05, 0) is 98.2 Å². The Morgan fingerprint density at radius 3 is 2.04 bits per heavy atom. The average molecular weight is 703 g/mol. The molecule has 8 atom stereocenters. The molecule has 0 saturated heterocycles. The lowest BCUT2D eigenvalue weighted by Gasteiger charge is -2.58. The molecule has 0 aromatic rings. The molecule has 0 amide bonds. The van der Waals surface area contributed by atoms with Crippen LogP contribution in [0.3, 0.4) is 0 Å². The molecule has 3 saturated carbocycles. The highest BCUT2D eigenvalue weighted by molar-refractivity contribution is 5.80. The molecule has 4 aliphatic rings. The van der Waals surface area contributed by atoms with E-state index in [0.29, 0.717) is 30.1 Å². The summed E-state index contributed by atoms with van der Waals surface area (Å²) in [4.78, 5) is 59.9. The summed E-state index contributed by atoms with van der Waals surface area (Å²) in [5.41, 5.74) is 0.288. The van der Waals surface area contributed by atoms with E-state index in [0.717, 1.165) is 36.5 Å². The molecule has 10 nitrogen and oxygen atoms in total. The molecule has 0 spiro atoms. The number of carboxylic acid groups (broad SMARTS) is 2. The number of esters is 3. The van der Waals surface area contributed by atoms with Gasteiger partial charge in [0, 0.05) is 6.42 Å². The van der Waals surface area contributed by atoms with Gasteiger partial charge in [0.2, 0.25) is 0 Å². The van der Waals surface area contributed by atoms with Crippen molar-refractivity contribution in [2.24, 2.45) is 51.8 Å². The molecular formula is C40H62O10. The van der Waals surface area contributed by atoms with Gasteiger partial charge in [-0.25, -0.2) is 0 Å². The summed E-state index contributed by atoms with van der Waals surface area (Å²) >= 11 is 0. The summed E-state index contributed by atoms with van der Waals surface area (Å²) < 4.78 is 16.6. The number of carboxylic acids is 2. The largest absolute Gasteiger partial charge is 0.481 e. The number of hydrogen-bond acceptors (Lipinski definition) is 8. The number of ether oxygens (including phenoxy) is 3. The molecule has 10 heteroatoms. The van der Waals surface area contributed by atoms with Gasteiger partial charge < -0.3 is 24.4 Å². The Balaban J connectivity index is 1.40. The quantitative estimate of drug-likeness (QED) is 0.0873. The van der Waals surface area contributed by atoms with Crippen molar-refractivity contribution < 1.29 is 48.4 Å². The van der Waals surface area contributed by atoms with Crippen molar-refractivity contribution in [1.29, 1.82) is 0 Å². The first-order valence-electron chi connectivity index (χ1n) is 19.1. The predicted molar refractivity (Wildman–Crippen MR) is 187 cm³/mol. The van der Waals surface area contributed by atoms with Crippen molar-refractivity contribution in [3.8, 4) is 0 Å². The maximum atomic E-state index is 13.7. The Labute approximate surface area is 298 Å². The second kappa shape index (κ2) is 16.6. The molecule has 0 bridgehead atoms. The summed E-state index contributed by atoms with van der Waals surface area (Å²) in [5.74, 6) is -0.183. The van der Waals surface area contributed by atoms with Crippen LogP contribution < -0.4 is 0 Å². The molecule has 50 heavy (non-hydrogen) atoms. The van der Waals surface area contributed by atoms with E-state index in [1.54, 1.807) is 0 Å². The van der Waals surface area contributed by atoms with Gasteiger partial charge in [0.15, 0.2) is 0 Å². The molecule has 2 N–H and O–H groups in total. The second-order valence-corrected chi connectivity index (χ2v) is 17.2. The summed E-state index contributed by atoms with van der Waals surface area (Å²) in [6.45, 7) is 12.7. The third-order valence-electron chi connectivity index (χ3n) is 13.2. The van der Waals surface area contributed by atoms with Crippen LogP contribution in [0.1, 0.15) is 138 Å². The highest BCUT2D eigenvalue weighted by Gasteiger charge is 2.59. The Hall–Kier alpha value is -2.91. The van der Waals surface area contributed by atoms with E-state index in [9.17, 15) is 24.0 Å². The molecule has 0 aromatic carbocycles. The lowest BCUT2D eigenvalue weighted by Crippen LogP contribution is -2.51. The van der Waals surface area contributed by atoms with Gasteiger partial charge in [-0.1, -0.05) is 65.5 Å².